The molecule has 2 aromatic carbocycles. The van der Waals surface area contributed by atoms with E-state index in [1.807, 2.05) is 31.2 Å². The highest BCUT2D eigenvalue weighted by Crippen LogP contribution is 2.34. The zero-order valence-corrected chi connectivity index (χ0v) is 12.6. The van der Waals surface area contributed by atoms with E-state index >= 15 is 0 Å². The number of rotatable bonds is 3. The summed E-state index contributed by atoms with van der Waals surface area (Å²) in [7, 11) is 0. The van der Waals surface area contributed by atoms with E-state index in [0.717, 1.165) is 11.1 Å². The standard InChI is InChI=1S/C17H16N2O4/c1-11-4-2-3-5-13(11)9-19-14-8-12(17(21)18-22)6-7-15(14)23-10-16(19)20/h2-8,22H,9-10H2,1H3,(H,18,21). The van der Waals surface area contributed by atoms with Gasteiger partial charge in [-0.3, -0.25) is 14.8 Å². The molecule has 6 nitrogen and oxygen atoms in total. The second-order valence-electron chi connectivity index (χ2n) is 5.32. The number of nitrogens with zero attached hydrogens (tertiary/aromatic N) is 1. The molecule has 0 saturated carbocycles. The Kier molecular flexibility index (Phi) is 3.99. The Balaban J connectivity index is 2.00. The smallest absolute Gasteiger partial charge is 0.274 e. The highest BCUT2D eigenvalue weighted by atomic mass is 16.5. The minimum atomic E-state index is -0.637. The van der Waals surface area contributed by atoms with Gasteiger partial charge in [0.15, 0.2) is 6.61 Å². The maximum Gasteiger partial charge on any atom is 0.274 e. The van der Waals surface area contributed by atoms with E-state index in [4.69, 9.17) is 9.94 Å². The predicted octanol–water partition coefficient (Wildman–Crippen LogP) is 2.04. The number of carbonyl (C=O) groups is 2. The molecule has 0 bridgehead atoms. The molecular formula is C17H16N2O4. The van der Waals surface area contributed by atoms with Crippen molar-refractivity contribution >= 4 is 17.5 Å². The van der Waals surface area contributed by atoms with Crippen molar-refractivity contribution in [3.63, 3.8) is 0 Å². The Bertz CT molecular complexity index is 773. The molecule has 0 radical (unpaired) electrons. The molecular weight excluding hydrogens is 296 g/mol. The van der Waals surface area contributed by atoms with Crippen LogP contribution in [0.4, 0.5) is 5.69 Å². The van der Waals surface area contributed by atoms with E-state index in [1.165, 1.54) is 12.1 Å². The molecule has 0 atom stereocenters. The van der Waals surface area contributed by atoms with Crippen molar-refractivity contribution in [1.82, 2.24) is 5.48 Å². The number of benzene rings is 2. The number of carbonyl (C=O) groups excluding carboxylic acids is 2. The van der Waals surface area contributed by atoms with Crippen molar-refractivity contribution in [3.8, 4) is 5.75 Å². The van der Waals surface area contributed by atoms with Gasteiger partial charge in [-0.2, -0.15) is 0 Å². The summed E-state index contributed by atoms with van der Waals surface area (Å²) < 4.78 is 5.42. The zero-order chi connectivity index (χ0) is 16.4. The third-order valence-corrected chi connectivity index (χ3v) is 3.86. The van der Waals surface area contributed by atoms with Crippen molar-refractivity contribution in [3.05, 3.63) is 59.2 Å². The summed E-state index contributed by atoms with van der Waals surface area (Å²) in [5, 5.41) is 8.77. The van der Waals surface area contributed by atoms with Crippen LogP contribution in [0.5, 0.6) is 5.75 Å². The Morgan fingerprint density at radius 3 is 2.83 bits per heavy atom. The van der Waals surface area contributed by atoms with Crippen molar-refractivity contribution in [1.29, 1.82) is 0 Å². The molecule has 1 aliphatic heterocycles. The van der Waals surface area contributed by atoms with Crippen molar-refractivity contribution < 1.29 is 19.5 Å². The molecule has 2 amide bonds. The summed E-state index contributed by atoms with van der Waals surface area (Å²) in [4.78, 5) is 25.5. The summed E-state index contributed by atoms with van der Waals surface area (Å²) >= 11 is 0. The molecule has 0 saturated heterocycles. The lowest BCUT2D eigenvalue weighted by Crippen LogP contribution is -2.38. The molecule has 0 spiro atoms. The maximum atomic E-state index is 12.3. The van der Waals surface area contributed by atoms with Crippen LogP contribution in [0.3, 0.4) is 0 Å². The number of amides is 2. The van der Waals surface area contributed by atoms with Crippen LogP contribution in [0.2, 0.25) is 0 Å². The van der Waals surface area contributed by atoms with Gasteiger partial charge in [-0.25, -0.2) is 5.48 Å². The Morgan fingerprint density at radius 2 is 2.09 bits per heavy atom. The molecule has 0 aliphatic carbocycles. The van der Waals surface area contributed by atoms with Crippen LogP contribution in [0.15, 0.2) is 42.5 Å². The SMILES string of the molecule is Cc1ccccc1CN1C(=O)COc2ccc(C(=O)NO)cc21. The van der Waals surface area contributed by atoms with Crippen molar-refractivity contribution in [2.24, 2.45) is 0 Å². The minimum absolute atomic E-state index is 0.0373. The summed E-state index contributed by atoms with van der Waals surface area (Å²) in [6.07, 6.45) is 0. The van der Waals surface area contributed by atoms with E-state index < -0.39 is 5.91 Å². The first-order valence-electron chi connectivity index (χ1n) is 7.16. The second kappa shape index (κ2) is 6.10. The van der Waals surface area contributed by atoms with Crippen LogP contribution >= 0.6 is 0 Å². The quantitative estimate of drug-likeness (QED) is 0.671. The number of hydrogen-bond donors (Lipinski definition) is 2. The van der Waals surface area contributed by atoms with Crippen molar-refractivity contribution in [2.75, 3.05) is 11.5 Å². The van der Waals surface area contributed by atoms with Crippen LogP contribution in [0.25, 0.3) is 0 Å². The fourth-order valence-electron chi connectivity index (χ4n) is 2.54. The minimum Gasteiger partial charge on any atom is -0.482 e. The molecule has 2 aromatic rings. The normalized spacial score (nSPS) is 13.3. The molecule has 0 fully saturated rings. The van der Waals surface area contributed by atoms with Crippen LogP contribution in [-0.2, 0) is 11.3 Å². The third-order valence-electron chi connectivity index (χ3n) is 3.86. The average Bonchev–Trinajstić information content (AvgIpc) is 2.58. The number of hydrogen-bond acceptors (Lipinski definition) is 4. The molecule has 1 heterocycles. The molecule has 3 rings (SSSR count). The number of aryl methyl sites for hydroxylation is 1. The Morgan fingerprint density at radius 1 is 1.30 bits per heavy atom. The summed E-state index contributed by atoms with van der Waals surface area (Å²) in [5.41, 5.74) is 4.46. The number of fused-ring (bicyclic) bond motifs is 1. The van der Waals surface area contributed by atoms with Gasteiger partial charge in [-0.05, 0) is 36.2 Å². The van der Waals surface area contributed by atoms with Gasteiger partial charge in [-0.15, -0.1) is 0 Å². The second-order valence-corrected chi connectivity index (χ2v) is 5.32. The van der Waals surface area contributed by atoms with Gasteiger partial charge in [-0.1, -0.05) is 24.3 Å². The predicted molar refractivity (Wildman–Crippen MR) is 83.6 cm³/mol. The molecule has 6 heteroatoms. The molecule has 23 heavy (non-hydrogen) atoms. The monoisotopic (exact) mass is 312 g/mol. The molecule has 0 aromatic heterocycles. The molecule has 0 unspecified atom stereocenters. The summed E-state index contributed by atoms with van der Waals surface area (Å²) in [6, 6.07) is 12.5. The average molecular weight is 312 g/mol. The summed E-state index contributed by atoms with van der Waals surface area (Å²) in [6.45, 7) is 2.34. The Hall–Kier alpha value is -2.86. The van der Waals surface area contributed by atoms with E-state index in [-0.39, 0.29) is 18.1 Å². The number of ether oxygens (including phenoxy) is 1. The van der Waals surface area contributed by atoms with Gasteiger partial charge in [0, 0.05) is 5.56 Å². The zero-order valence-electron chi connectivity index (χ0n) is 12.6. The number of anilines is 1. The number of nitrogens with one attached hydrogen (secondary N) is 1. The fraction of sp³-hybridized carbons (Fsp3) is 0.176. The molecule has 1 aliphatic rings. The van der Waals surface area contributed by atoms with E-state index in [2.05, 4.69) is 0 Å². The van der Waals surface area contributed by atoms with E-state index in [1.54, 1.807) is 16.4 Å². The van der Waals surface area contributed by atoms with E-state index in [0.29, 0.717) is 18.0 Å². The van der Waals surface area contributed by atoms with Gasteiger partial charge < -0.3 is 9.64 Å². The van der Waals surface area contributed by atoms with Gasteiger partial charge in [0.1, 0.15) is 5.75 Å². The van der Waals surface area contributed by atoms with Gasteiger partial charge in [0.05, 0.1) is 12.2 Å². The van der Waals surface area contributed by atoms with Crippen LogP contribution in [0, 0.1) is 6.92 Å². The molecule has 2 N–H and O–H groups in total. The topological polar surface area (TPSA) is 78.9 Å². The largest absolute Gasteiger partial charge is 0.482 e. The van der Waals surface area contributed by atoms with Gasteiger partial charge in [0.25, 0.3) is 11.8 Å². The van der Waals surface area contributed by atoms with Crippen LogP contribution < -0.4 is 15.1 Å². The summed E-state index contributed by atoms with van der Waals surface area (Å²) in [5.74, 6) is -0.281. The molecule has 118 valence electrons. The first-order chi connectivity index (χ1) is 11.1. The van der Waals surface area contributed by atoms with Crippen LogP contribution in [-0.4, -0.2) is 23.6 Å². The number of hydroxylamine groups is 1. The highest BCUT2D eigenvalue weighted by molar-refractivity contribution is 6.01. The maximum absolute atomic E-state index is 12.3. The fourth-order valence-corrected chi connectivity index (χ4v) is 2.54. The highest BCUT2D eigenvalue weighted by Gasteiger charge is 2.27. The lowest BCUT2D eigenvalue weighted by Gasteiger charge is -2.30. The van der Waals surface area contributed by atoms with Crippen LogP contribution in [0.1, 0.15) is 21.5 Å². The lowest BCUT2D eigenvalue weighted by atomic mass is 10.1. The van der Waals surface area contributed by atoms with E-state index in [9.17, 15) is 9.59 Å². The first kappa shape index (κ1) is 15.1. The Labute approximate surface area is 133 Å². The third kappa shape index (κ3) is 2.89. The van der Waals surface area contributed by atoms with Gasteiger partial charge in [0.2, 0.25) is 0 Å². The van der Waals surface area contributed by atoms with Gasteiger partial charge >= 0.3 is 0 Å². The first-order valence-corrected chi connectivity index (χ1v) is 7.16. The lowest BCUT2D eigenvalue weighted by molar-refractivity contribution is -0.121. The van der Waals surface area contributed by atoms with Crippen molar-refractivity contribution in [2.45, 2.75) is 13.5 Å².